The number of phenols is 1. The molecule has 1 aliphatic heterocycles. The summed E-state index contributed by atoms with van der Waals surface area (Å²) in [7, 11) is 2.19. The molecule has 0 radical (unpaired) electrons. The van der Waals surface area contributed by atoms with Gasteiger partial charge in [0.25, 0.3) is 0 Å². The zero-order valence-electron chi connectivity index (χ0n) is 7.30. The Labute approximate surface area is 72.4 Å². The molecule has 0 bridgehead atoms. The van der Waals surface area contributed by atoms with Crippen molar-refractivity contribution in [2.45, 2.75) is 13.0 Å². The van der Waals surface area contributed by atoms with Crippen LogP contribution in [0.1, 0.15) is 11.1 Å². The number of nitrogens with one attached hydrogen (secondary N) is 1. The zero-order valence-corrected chi connectivity index (χ0v) is 7.30. The molecular weight excluding hydrogens is 150 g/mol. The minimum absolute atomic E-state index is 0.392. The van der Waals surface area contributed by atoms with Crippen molar-refractivity contribution in [1.82, 2.24) is 0 Å². The van der Waals surface area contributed by atoms with Gasteiger partial charge in [-0.05, 0) is 17.7 Å². The van der Waals surface area contributed by atoms with Crippen LogP contribution < -0.4 is 4.90 Å². The summed E-state index contributed by atoms with van der Waals surface area (Å²) < 4.78 is 0. The van der Waals surface area contributed by atoms with Crippen LogP contribution in [0.4, 0.5) is 0 Å². The van der Waals surface area contributed by atoms with Crippen LogP contribution in [0, 0.1) is 0 Å². The molecule has 2 N–H and O–H groups in total. The SMILES string of the molecule is C[NH+]1CCc2ccc(O)cc2C1. The predicted octanol–water partition coefficient (Wildman–Crippen LogP) is -0.0370. The Hall–Kier alpha value is -1.02. The van der Waals surface area contributed by atoms with E-state index in [2.05, 4.69) is 7.05 Å². The second-order valence-electron chi connectivity index (χ2n) is 3.59. The van der Waals surface area contributed by atoms with Gasteiger partial charge in [-0.1, -0.05) is 6.07 Å². The number of rotatable bonds is 0. The maximum absolute atomic E-state index is 9.27. The highest BCUT2D eigenvalue weighted by Crippen LogP contribution is 2.17. The molecule has 0 spiro atoms. The zero-order chi connectivity index (χ0) is 8.55. The Kier molecular flexibility index (Phi) is 1.77. The van der Waals surface area contributed by atoms with Crippen molar-refractivity contribution >= 4 is 0 Å². The van der Waals surface area contributed by atoms with Crippen molar-refractivity contribution in [2.24, 2.45) is 0 Å². The first kappa shape index (κ1) is 7.62. The first-order chi connectivity index (χ1) is 5.75. The highest BCUT2D eigenvalue weighted by Gasteiger charge is 2.15. The Morgan fingerprint density at radius 1 is 1.33 bits per heavy atom. The number of hydrogen-bond donors (Lipinski definition) is 2. The minimum Gasteiger partial charge on any atom is -0.508 e. The molecule has 2 nitrogen and oxygen atoms in total. The van der Waals surface area contributed by atoms with E-state index in [1.54, 1.807) is 6.07 Å². The van der Waals surface area contributed by atoms with Crippen molar-refractivity contribution in [1.29, 1.82) is 0 Å². The van der Waals surface area contributed by atoms with Crippen molar-refractivity contribution in [3.05, 3.63) is 29.3 Å². The Morgan fingerprint density at radius 3 is 3.00 bits per heavy atom. The van der Waals surface area contributed by atoms with Gasteiger partial charge in [0.15, 0.2) is 0 Å². The van der Waals surface area contributed by atoms with Gasteiger partial charge >= 0.3 is 0 Å². The second kappa shape index (κ2) is 2.79. The molecule has 0 fully saturated rings. The lowest BCUT2D eigenvalue weighted by Crippen LogP contribution is -3.08. The molecule has 2 heteroatoms. The van der Waals surface area contributed by atoms with E-state index in [1.807, 2.05) is 12.1 Å². The molecule has 1 aromatic carbocycles. The predicted molar refractivity (Wildman–Crippen MR) is 47.3 cm³/mol. The maximum atomic E-state index is 9.27. The summed E-state index contributed by atoms with van der Waals surface area (Å²) in [5.74, 6) is 0.392. The van der Waals surface area contributed by atoms with Gasteiger partial charge < -0.3 is 10.0 Å². The average Bonchev–Trinajstić information content (AvgIpc) is 2.03. The summed E-state index contributed by atoms with van der Waals surface area (Å²) >= 11 is 0. The van der Waals surface area contributed by atoms with Crippen molar-refractivity contribution in [3.63, 3.8) is 0 Å². The van der Waals surface area contributed by atoms with Gasteiger partial charge in [0.2, 0.25) is 0 Å². The number of hydrogen-bond acceptors (Lipinski definition) is 1. The smallest absolute Gasteiger partial charge is 0.116 e. The summed E-state index contributed by atoms with van der Waals surface area (Å²) in [6.45, 7) is 2.25. The summed E-state index contributed by atoms with van der Waals surface area (Å²) in [5, 5.41) is 9.27. The van der Waals surface area contributed by atoms with Crippen LogP contribution in [-0.2, 0) is 13.0 Å². The van der Waals surface area contributed by atoms with Crippen LogP contribution >= 0.6 is 0 Å². The van der Waals surface area contributed by atoms with Crippen LogP contribution in [0.15, 0.2) is 18.2 Å². The van der Waals surface area contributed by atoms with Crippen molar-refractivity contribution in [3.8, 4) is 5.75 Å². The number of fused-ring (bicyclic) bond motifs is 1. The monoisotopic (exact) mass is 164 g/mol. The topological polar surface area (TPSA) is 24.7 Å². The molecule has 12 heavy (non-hydrogen) atoms. The van der Waals surface area contributed by atoms with Crippen molar-refractivity contribution < 1.29 is 10.0 Å². The third-order valence-corrected chi connectivity index (χ3v) is 2.50. The van der Waals surface area contributed by atoms with E-state index in [9.17, 15) is 5.11 Å². The first-order valence-electron chi connectivity index (χ1n) is 4.38. The number of quaternary nitrogens is 1. The van der Waals surface area contributed by atoms with E-state index in [1.165, 1.54) is 22.6 Å². The minimum atomic E-state index is 0.392. The summed E-state index contributed by atoms with van der Waals surface area (Å²) in [6.07, 6.45) is 1.14. The molecule has 0 aromatic heterocycles. The number of benzene rings is 1. The van der Waals surface area contributed by atoms with Crippen LogP contribution in [0.2, 0.25) is 0 Å². The third-order valence-electron chi connectivity index (χ3n) is 2.50. The van der Waals surface area contributed by atoms with E-state index >= 15 is 0 Å². The Bertz CT molecular complexity index is 296. The molecule has 64 valence electrons. The molecule has 0 aliphatic carbocycles. The quantitative estimate of drug-likeness (QED) is 0.552. The molecule has 1 aliphatic rings. The van der Waals surface area contributed by atoms with Crippen LogP contribution in [0.3, 0.4) is 0 Å². The number of phenolic OH excluding ortho intramolecular Hbond substituents is 1. The molecule has 2 rings (SSSR count). The molecule has 0 amide bonds. The van der Waals surface area contributed by atoms with Gasteiger partial charge in [0, 0.05) is 12.0 Å². The van der Waals surface area contributed by atoms with E-state index < -0.39 is 0 Å². The van der Waals surface area contributed by atoms with Gasteiger partial charge in [0.05, 0.1) is 13.6 Å². The average molecular weight is 164 g/mol. The molecule has 1 aromatic rings. The van der Waals surface area contributed by atoms with Gasteiger partial charge in [-0.25, -0.2) is 0 Å². The van der Waals surface area contributed by atoms with E-state index in [0.29, 0.717) is 5.75 Å². The van der Waals surface area contributed by atoms with Crippen LogP contribution in [0.25, 0.3) is 0 Å². The van der Waals surface area contributed by atoms with Gasteiger partial charge in [-0.15, -0.1) is 0 Å². The maximum Gasteiger partial charge on any atom is 0.116 e. The number of likely N-dealkylation sites (N-methyl/N-ethyl adjacent to an activating group) is 1. The lowest BCUT2D eigenvalue weighted by atomic mass is 10.00. The first-order valence-corrected chi connectivity index (χ1v) is 4.38. The van der Waals surface area contributed by atoms with E-state index in [4.69, 9.17) is 0 Å². The molecule has 1 unspecified atom stereocenters. The summed E-state index contributed by atoms with van der Waals surface area (Å²) in [6, 6.07) is 5.70. The van der Waals surface area contributed by atoms with E-state index in [0.717, 1.165) is 13.0 Å². The highest BCUT2D eigenvalue weighted by molar-refractivity contribution is 5.35. The van der Waals surface area contributed by atoms with Crippen molar-refractivity contribution in [2.75, 3.05) is 13.6 Å². The lowest BCUT2D eigenvalue weighted by Gasteiger charge is -2.21. The second-order valence-corrected chi connectivity index (χ2v) is 3.59. The molecule has 1 heterocycles. The van der Waals surface area contributed by atoms with Gasteiger partial charge in [-0.2, -0.15) is 0 Å². The molecule has 0 saturated carbocycles. The van der Waals surface area contributed by atoms with Crippen LogP contribution in [0.5, 0.6) is 5.75 Å². The molecule has 0 saturated heterocycles. The molecule has 1 atom stereocenters. The fourth-order valence-electron chi connectivity index (χ4n) is 1.78. The summed E-state index contributed by atoms with van der Waals surface area (Å²) in [5.41, 5.74) is 2.71. The normalized spacial score (nSPS) is 21.9. The molecular formula is C10H14NO+. The Balaban J connectivity index is 2.37. The fraction of sp³-hybridized carbons (Fsp3) is 0.400. The standard InChI is InChI=1S/C10H13NO/c1-11-5-4-8-2-3-10(12)6-9(8)7-11/h2-3,6,12H,4-5,7H2,1H3/p+1. The van der Waals surface area contributed by atoms with Gasteiger partial charge in [0.1, 0.15) is 12.3 Å². The fourth-order valence-corrected chi connectivity index (χ4v) is 1.78. The van der Waals surface area contributed by atoms with E-state index in [-0.39, 0.29) is 0 Å². The Morgan fingerprint density at radius 2 is 2.17 bits per heavy atom. The highest BCUT2D eigenvalue weighted by atomic mass is 16.3. The number of aromatic hydroxyl groups is 1. The third kappa shape index (κ3) is 1.30. The van der Waals surface area contributed by atoms with Gasteiger partial charge in [-0.3, -0.25) is 0 Å². The largest absolute Gasteiger partial charge is 0.508 e. The summed E-state index contributed by atoms with van der Waals surface area (Å²) in [4.78, 5) is 1.52. The lowest BCUT2D eigenvalue weighted by molar-refractivity contribution is -0.895. The van der Waals surface area contributed by atoms with Crippen LogP contribution in [-0.4, -0.2) is 18.7 Å².